The zero-order valence-electron chi connectivity index (χ0n) is 18.2. The number of benzene rings is 2. The normalized spacial score (nSPS) is 17.9. The molecule has 4 nitrogen and oxygen atoms in total. The maximum Gasteiger partial charge on any atom is 0.164 e. The van der Waals surface area contributed by atoms with Gasteiger partial charge in [-0.15, -0.1) is 0 Å². The van der Waals surface area contributed by atoms with E-state index in [9.17, 15) is 4.79 Å². The van der Waals surface area contributed by atoms with Crippen molar-refractivity contribution in [1.82, 2.24) is 9.80 Å². The lowest BCUT2D eigenvalue weighted by Crippen LogP contribution is -2.31. The van der Waals surface area contributed by atoms with E-state index in [1.165, 1.54) is 36.0 Å². The van der Waals surface area contributed by atoms with Gasteiger partial charge < -0.3 is 9.64 Å². The number of carbonyl (C=O) groups excluding carboxylic acids is 1. The highest BCUT2D eigenvalue weighted by Gasteiger charge is 2.17. The molecule has 2 aliphatic rings. The van der Waals surface area contributed by atoms with Crippen molar-refractivity contribution in [3.8, 4) is 5.75 Å². The lowest BCUT2D eigenvalue weighted by atomic mass is 9.97. The number of ketones is 1. The average Bonchev–Trinajstić information content (AvgIpc) is 3.00. The molecule has 2 heterocycles. The molecule has 0 atom stereocenters. The molecule has 0 radical (unpaired) electrons. The Bertz CT molecular complexity index is 841. The molecule has 0 saturated carbocycles. The van der Waals surface area contributed by atoms with Crippen LogP contribution >= 0.6 is 0 Å². The number of nitrogens with zero attached hydrogens (tertiary/aromatic N) is 2. The number of likely N-dealkylation sites (tertiary alicyclic amines) is 1. The lowest BCUT2D eigenvalue weighted by molar-refractivity contribution is 0.0958. The number of piperidine rings is 1. The van der Waals surface area contributed by atoms with E-state index in [0.29, 0.717) is 12.2 Å². The van der Waals surface area contributed by atoms with E-state index in [1.807, 2.05) is 12.1 Å². The summed E-state index contributed by atoms with van der Waals surface area (Å²) in [4.78, 5) is 17.7. The third kappa shape index (κ3) is 5.50. The Morgan fingerprint density at radius 1 is 0.867 bits per heavy atom. The fourth-order valence-corrected chi connectivity index (χ4v) is 4.68. The van der Waals surface area contributed by atoms with Crippen LogP contribution in [0.3, 0.4) is 0 Å². The van der Waals surface area contributed by atoms with Crippen LogP contribution in [-0.4, -0.2) is 55.4 Å². The van der Waals surface area contributed by atoms with Gasteiger partial charge in [-0.25, -0.2) is 0 Å². The van der Waals surface area contributed by atoms with Crippen LogP contribution in [0.15, 0.2) is 42.5 Å². The van der Waals surface area contributed by atoms with Crippen molar-refractivity contribution in [3.05, 3.63) is 64.7 Å². The molecule has 0 aromatic heterocycles. The fourth-order valence-electron chi connectivity index (χ4n) is 4.68. The van der Waals surface area contributed by atoms with E-state index in [-0.39, 0.29) is 0 Å². The van der Waals surface area contributed by atoms with E-state index in [4.69, 9.17) is 4.74 Å². The summed E-state index contributed by atoms with van der Waals surface area (Å²) in [6, 6.07) is 14.8. The summed E-state index contributed by atoms with van der Waals surface area (Å²) in [6.07, 6.45) is 6.60. The molecule has 2 aromatic carbocycles. The molecule has 1 fully saturated rings. The first-order valence-electron chi connectivity index (χ1n) is 11.4. The minimum atomic E-state index is 0.294. The molecule has 0 bridgehead atoms. The number of fused-ring (bicyclic) bond motifs is 1. The molecule has 0 unspecified atom stereocenters. The molecule has 2 aromatic rings. The van der Waals surface area contributed by atoms with Gasteiger partial charge in [0.2, 0.25) is 0 Å². The van der Waals surface area contributed by atoms with Crippen molar-refractivity contribution >= 4 is 5.78 Å². The summed E-state index contributed by atoms with van der Waals surface area (Å²) in [6.45, 7) is 6.26. The van der Waals surface area contributed by atoms with Crippen LogP contribution in [0.5, 0.6) is 5.75 Å². The van der Waals surface area contributed by atoms with Gasteiger partial charge in [0.1, 0.15) is 5.75 Å². The Hall–Kier alpha value is -2.17. The smallest absolute Gasteiger partial charge is 0.164 e. The topological polar surface area (TPSA) is 32.8 Å². The fraction of sp³-hybridized carbons (Fsp3) is 0.500. The van der Waals surface area contributed by atoms with Gasteiger partial charge in [0.25, 0.3) is 0 Å². The number of carbonyl (C=O) groups is 1. The van der Waals surface area contributed by atoms with Crippen LogP contribution in [-0.2, 0) is 19.4 Å². The Morgan fingerprint density at radius 2 is 1.60 bits per heavy atom. The van der Waals surface area contributed by atoms with Gasteiger partial charge in [-0.05, 0) is 73.7 Å². The first-order chi connectivity index (χ1) is 14.7. The quantitative estimate of drug-likeness (QED) is 0.640. The van der Waals surface area contributed by atoms with E-state index in [1.54, 1.807) is 7.11 Å². The molecule has 0 spiro atoms. The highest BCUT2D eigenvalue weighted by atomic mass is 16.5. The second-order valence-electron chi connectivity index (χ2n) is 8.68. The van der Waals surface area contributed by atoms with Crippen molar-refractivity contribution in [3.63, 3.8) is 0 Å². The number of rotatable bonds is 7. The van der Waals surface area contributed by atoms with Crippen molar-refractivity contribution in [2.45, 2.75) is 45.1 Å². The Balaban J connectivity index is 1.33. The maximum atomic E-state index is 12.8. The number of Topliss-reactive ketones (excluding diaryl/α,β-unsaturated/α-hetero) is 1. The molecule has 2 aliphatic heterocycles. The van der Waals surface area contributed by atoms with Crippen LogP contribution in [0.4, 0.5) is 0 Å². The Kier molecular flexibility index (Phi) is 7.19. The molecule has 0 amide bonds. The van der Waals surface area contributed by atoms with E-state index >= 15 is 0 Å². The first-order valence-corrected chi connectivity index (χ1v) is 11.4. The number of methoxy groups -OCH3 is 1. The van der Waals surface area contributed by atoms with Crippen LogP contribution < -0.4 is 4.74 Å². The third-order valence-electron chi connectivity index (χ3n) is 6.59. The van der Waals surface area contributed by atoms with Crippen molar-refractivity contribution in [2.75, 3.05) is 39.8 Å². The highest BCUT2D eigenvalue weighted by molar-refractivity contribution is 5.96. The highest BCUT2D eigenvalue weighted by Crippen LogP contribution is 2.21. The third-order valence-corrected chi connectivity index (χ3v) is 6.59. The summed E-state index contributed by atoms with van der Waals surface area (Å²) in [5, 5.41) is 0. The molecule has 160 valence electrons. The van der Waals surface area contributed by atoms with Crippen LogP contribution in [0, 0.1) is 0 Å². The maximum absolute atomic E-state index is 12.8. The molecule has 0 N–H and O–H groups in total. The average molecular weight is 407 g/mol. The molecule has 1 saturated heterocycles. The number of hydrogen-bond donors (Lipinski definition) is 0. The van der Waals surface area contributed by atoms with Crippen LogP contribution in [0.2, 0.25) is 0 Å². The summed E-state index contributed by atoms with van der Waals surface area (Å²) < 4.78 is 5.26. The molecule has 30 heavy (non-hydrogen) atoms. The van der Waals surface area contributed by atoms with E-state index in [2.05, 4.69) is 40.1 Å². The Morgan fingerprint density at radius 3 is 2.33 bits per heavy atom. The predicted octanol–water partition coefficient (Wildman–Crippen LogP) is 4.35. The second kappa shape index (κ2) is 10.2. The minimum Gasteiger partial charge on any atom is -0.497 e. The predicted molar refractivity (Wildman–Crippen MR) is 121 cm³/mol. The van der Waals surface area contributed by atoms with Gasteiger partial charge >= 0.3 is 0 Å². The van der Waals surface area contributed by atoms with Crippen molar-refractivity contribution < 1.29 is 9.53 Å². The van der Waals surface area contributed by atoms with Crippen molar-refractivity contribution in [1.29, 1.82) is 0 Å². The van der Waals surface area contributed by atoms with Gasteiger partial charge in [0.15, 0.2) is 5.78 Å². The number of hydrogen-bond acceptors (Lipinski definition) is 4. The van der Waals surface area contributed by atoms with Crippen LogP contribution in [0.1, 0.15) is 52.7 Å². The summed E-state index contributed by atoms with van der Waals surface area (Å²) >= 11 is 0. The Labute approximate surface area is 180 Å². The molecular weight excluding hydrogens is 372 g/mol. The standard InChI is InChI=1S/C26H34N2O2/c1-30-25-9-5-21(6-10-25)20-28-16-11-22-7-8-24(19-23(22)12-17-28)26(29)13-18-27-14-3-2-4-15-27/h5-10,19H,2-4,11-18,20H2,1H3. The first kappa shape index (κ1) is 21.1. The lowest BCUT2D eigenvalue weighted by Gasteiger charge is -2.26. The molecule has 0 aliphatic carbocycles. The van der Waals surface area contributed by atoms with Crippen molar-refractivity contribution in [2.24, 2.45) is 0 Å². The van der Waals surface area contributed by atoms with Gasteiger partial charge in [0, 0.05) is 38.2 Å². The monoisotopic (exact) mass is 406 g/mol. The minimum absolute atomic E-state index is 0.294. The molecule has 4 rings (SSSR count). The zero-order chi connectivity index (χ0) is 20.8. The summed E-state index contributed by atoms with van der Waals surface area (Å²) in [5.74, 6) is 1.20. The molecule has 4 heteroatoms. The van der Waals surface area contributed by atoms with Gasteiger partial charge in [-0.1, -0.05) is 30.7 Å². The van der Waals surface area contributed by atoms with E-state index < -0.39 is 0 Å². The zero-order valence-corrected chi connectivity index (χ0v) is 18.2. The summed E-state index contributed by atoms with van der Waals surface area (Å²) in [5.41, 5.74) is 4.97. The van der Waals surface area contributed by atoms with E-state index in [0.717, 1.165) is 63.4 Å². The number of ether oxygens (including phenoxy) is 1. The van der Waals surface area contributed by atoms with Gasteiger partial charge in [-0.2, -0.15) is 0 Å². The second-order valence-corrected chi connectivity index (χ2v) is 8.68. The summed E-state index contributed by atoms with van der Waals surface area (Å²) in [7, 11) is 1.70. The van der Waals surface area contributed by atoms with Crippen LogP contribution in [0.25, 0.3) is 0 Å². The largest absolute Gasteiger partial charge is 0.497 e. The SMILES string of the molecule is COc1ccc(CN2CCc3ccc(C(=O)CCN4CCCCC4)cc3CC2)cc1. The molecular formula is C26H34N2O2. The van der Waals surface area contributed by atoms with Gasteiger partial charge in [0.05, 0.1) is 7.11 Å². The van der Waals surface area contributed by atoms with Gasteiger partial charge in [-0.3, -0.25) is 9.69 Å².